The molecule has 0 aliphatic carbocycles. The fourth-order valence-electron chi connectivity index (χ4n) is 1.07. The van der Waals surface area contributed by atoms with Crippen molar-refractivity contribution in [2.24, 2.45) is 16.5 Å². The van der Waals surface area contributed by atoms with Gasteiger partial charge in [0.15, 0.2) is 5.96 Å². The zero-order chi connectivity index (χ0) is 12.8. The Labute approximate surface area is 96.6 Å². The van der Waals surface area contributed by atoms with E-state index in [1.807, 2.05) is 0 Å². The fraction of sp³-hybridized carbons (Fsp3) is 0. The largest absolute Gasteiger partial charge is 0.370 e. The second-order valence-corrected chi connectivity index (χ2v) is 3.06. The quantitative estimate of drug-likeness (QED) is 0.257. The summed E-state index contributed by atoms with van der Waals surface area (Å²) in [6.07, 6.45) is 2.51. The lowest BCUT2D eigenvalue weighted by atomic mass is 10.2. The Morgan fingerprint density at radius 1 is 1.41 bits per heavy atom. The van der Waals surface area contributed by atoms with Crippen LogP contribution in [0.1, 0.15) is 5.56 Å². The van der Waals surface area contributed by atoms with Gasteiger partial charge in [-0.1, -0.05) is 12.1 Å². The Hall–Kier alpha value is -2.70. The van der Waals surface area contributed by atoms with E-state index in [0.717, 1.165) is 6.08 Å². The number of carbonyl (C=O) groups excluding carboxylic acids is 1. The standard InChI is InChI=1S/C10H10N4O3/c11-10(12)13-9(15)5-4-7-2-1-3-8(6-7)14(16)17/h1-6H,(H4,11,12,13,15). The van der Waals surface area contributed by atoms with Gasteiger partial charge in [0.05, 0.1) is 4.92 Å². The van der Waals surface area contributed by atoms with Crippen molar-refractivity contribution in [2.45, 2.75) is 0 Å². The number of rotatable bonds is 3. The lowest BCUT2D eigenvalue weighted by Gasteiger charge is -1.93. The summed E-state index contributed by atoms with van der Waals surface area (Å²) >= 11 is 0. The van der Waals surface area contributed by atoms with E-state index in [1.165, 1.54) is 24.3 Å². The van der Waals surface area contributed by atoms with Gasteiger partial charge in [0.2, 0.25) is 0 Å². The van der Waals surface area contributed by atoms with Gasteiger partial charge >= 0.3 is 0 Å². The average molecular weight is 234 g/mol. The predicted molar refractivity (Wildman–Crippen MR) is 62.9 cm³/mol. The van der Waals surface area contributed by atoms with Crippen LogP contribution >= 0.6 is 0 Å². The molecular weight excluding hydrogens is 224 g/mol. The Kier molecular flexibility index (Phi) is 3.93. The summed E-state index contributed by atoms with van der Waals surface area (Å²) in [4.78, 5) is 24.3. The van der Waals surface area contributed by atoms with Gasteiger partial charge in [-0.25, -0.2) is 0 Å². The molecule has 1 amide bonds. The summed E-state index contributed by atoms with van der Waals surface area (Å²) in [7, 11) is 0. The first kappa shape index (κ1) is 12.4. The first-order valence-electron chi connectivity index (χ1n) is 4.55. The van der Waals surface area contributed by atoms with Crippen LogP contribution < -0.4 is 11.5 Å². The van der Waals surface area contributed by atoms with Crippen molar-refractivity contribution < 1.29 is 9.72 Å². The molecule has 0 heterocycles. The number of nitro benzene ring substituents is 1. The van der Waals surface area contributed by atoms with Crippen LogP contribution in [0, 0.1) is 10.1 Å². The van der Waals surface area contributed by atoms with E-state index in [-0.39, 0.29) is 11.6 Å². The summed E-state index contributed by atoms with van der Waals surface area (Å²) in [5.41, 5.74) is 10.5. The summed E-state index contributed by atoms with van der Waals surface area (Å²) in [5, 5.41) is 10.5. The first-order valence-corrected chi connectivity index (χ1v) is 4.55. The molecule has 17 heavy (non-hydrogen) atoms. The molecule has 0 radical (unpaired) electrons. The summed E-state index contributed by atoms with van der Waals surface area (Å²) in [6, 6.07) is 5.82. The van der Waals surface area contributed by atoms with Crippen molar-refractivity contribution in [3.63, 3.8) is 0 Å². The third kappa shape index (κ3) is 4.12. The number of nitrogens with zero attached hydrogens (tertiary/aromatic N) is 2. The van der Waals surface area contributed by atoms with Gasteiger partial charge in [-0.3, -0.25) is 14.9 Å². The van der Waals surface area contributed by atoms with E-state index in [4.69, 9.17) is 11.5 Å². The molecule has 0 saturated heterocycles. The molecule has 88 valence electrons. The first-order chi connectivity index (χ1) is 7.99. The SMILES string of the molecule is NC(N)=NC(=O)C=Cc1cccc([N+](=O)[O-])c1. The van der Waals surface area contributed by atoms with Crippen molar-refractivity contribution in [3.05, 3.63) is 46.0 Å². The molecule has 1 aromatic rings. The second kappa shape index (κ2) is 5.40. The Balaban J connectivity index is 2.85. The van der Waals surface area contributed by atoms with Crippen LogP contribution in [0.4, 0.5) is 5.69 Å². The average Bonchev–Trinajstić information content (AvgIpc) is 2.26. The lowest BCUT2D eigenvalue weighted by molar-refractivity contribution is -0.384. The maximum atomic E-state index is 11.1. The highest BCUT2D eigenvalue weighted by atomic mass is 16.6. The van der Waals surface area contributed by atoms with Crippen molar-refractivity contribution in [1.82, 2.24) is 0 Å². The van der Waals surface area contributed by atoms with E-state index in [0.29, 0.717) is 5.56 Å². The molecule has 0 aliphatic heterocycles. The van der Waals surface area contributed by atoms with E-state index in [9.17, 15) is 14.9 Å². The number of hydrogen-bond donors (Lipinski definition) is 2. The monoisotopic (exact) mass is 234 g/mol. The number of aliphatic imine (C=N–C) groups is 1. The maximum absolute atomic E-state index is 11.1. The van der Waals surface area contributed by atoms with Gasteiger partial charge in [-0.05, 0) is 11.6 Å². The predicted octanol–water partition coefficient (Wildman–Crippen LogP) is 0.408. The molecule has 0 spiro atoms. The maximum Gasteiger partial charge on any atom is 0.272 e. The summed E-state index contributed by atoms with van der Waals surface area (Å²) < 4.78 is 0. The Morgan fingerprint density at radius 3 is 2.71 bits per heavy atom. The molecule has 7 heteroatoms. The molecule has 0 saturated carbocycles. The minimum atomic E-state index is -0.628. The molecule has 1 aromatic carbocycles. The number of amides is 1. The fourth-order valence-corrected chi connectivity index (χ4v) is 1.07. The Morgan fingerprint density at radius 2 is 2.12 bits per heavy atom. The second-order valence-electron chi connectivity index (χ2n) is 3.06. The van der Waals surface area contributed by atoms with Crippen molar-refractivity contribution in [2.75, 3.05) is 0 Å². The van der Waals surface area contributed by atoms with E-state index < -0.39 is 10.8 Å². The number of carbonyl (C=O) groups is 1. The van der Waals surface area contributed by atoms with Crippen LogP contribution in [0.3, 0.4) is 0 Å². The van der Waals surface area contributed by atoms with Crippen molar-refractivity contribution in [3.8, 4) is 0 Å². The molecule has 0 atom stereocenters. The summed E-state index contributed by atoms with van der Waals surface area (Å²) in [6.45, 7) is 0. The van der Waals surface area contributed by atoms with Crippen molar-refractivity contribution >= 4 is 23.6 Å². The number of non-ortho nitro benzene ring substituents is 1. The van der Waals surface area contributed by atoms with E-state index in [1.54, 1.807) is 6.07 Å². The zero-order valence-electron chi connectivity index (χ0n) is 8.74. The zero-order valence-corrected chi connectivity index (χ0v) is 8.74. The number of nitro groups is 1. The van der Waals surface area contributed by atoms with E-state index in [2.05, 4.69) is 4.99 Å². The molecule has 1 rings (SSSR count). The van der Waals surface area contributed by atoms with E-state index >= 15 is 0 Å². The minimum Gasteiger partial charge on any atom is -0.370 e. The van der Waals surface area contributed by atoms with Gasteiger partial charge in [0.1, 0.15) is 0 Å². The molecule has 7 nitrogen and oxygen atoms in total. The third-order valence-corrected chi connectivity index (χ3v) is 1.74. The molecule has 4 N–H and O–H groups in total. The van der Waals surface area contributed by atoms with Crippen LogP contribution in [0.15, 0.2) is 35.3 Å². The molecule has 0 aromatic heterocycles. The highest BCUT2D eigenvalue weighted by molar-refractivity contribution is 5.99. The number of benzene rings is 1. The smallest absolute Gasteiger partial charge is 0.272 e. The lowest BCUT2D eigenvalue weighted by Crippen LogP contribution is -2.23. The molecule has 0 fully saturated rings. The highest BCUT2D eigenvalue weighted by Crippen LogP contribution is 2.13. The van der Waals surface area contributed by atoms with Gasteiger partial charge in [0.25, 0.3) is 11.6 Å². The third-order valence-electron chi connectivity index (χ3n) is 1.74. The van der Waals surface area contributed by atoms with Crippen LogP contribution in [-0.2, 0) is 4.79 Å². The van der Waals surface area contributed by atoms with Gasteiger partial charge < -0.3 is 11.5 Å². The van der Waals surface area contributed by atoms with Gasteiger partial charge in [-0.2, -0.15) is 4.99 Å². The summed E-state index contributed by atoms with van der Waals surface area (Å²) in [5.74, 6) is -0.963. The van der Waals surface area contributed by atoms with Crippen LogP contribution in [0.25, 0.3) is 6.08 Å². The van der Waals surface area contributed by atoms with Gasteiger partial charge in [-0.15, -0.1) is 0 Å². The number of hydrogen-bond acceptors (Lipinski definition) is 3. The molecule has 0 aliphatic rings. The van der Waals surface area contributed by atoms with Crippen LogP contribution in [0.5, 0.6) is 0 Å². The van der Waals surface area contributed by atoms with Crippen LogP contribution in [0.2, 0.25) is 0 Å². The highest BCUT2D eigenvalue weighted by Gasteiger charge is 2.03. The minimum absolute atomic E-state index is 0.0542. The Bertz CT molecular complexity index is 504. The topological polar surface area (TPSA) is 125 Å². The molecular formula is C10H10N4O3. The van der Waals surface area contributed by atoms with Crippen LogP contribution in [-0.4, -0.2) is 16.8 Å². The number of nitrogens with two attached hydrogens (primary N) is 2. The molecule has 0 bridgehead atoms. The van der Waals surface area contributed by atoms with Crippen molar-refractivity contribution in [1.29, 1.82) is 0 Å². The molecule has 0 unspecified atom stereocenters. The normalized spacial score (nSPS) is 10.1. The van der Waals surface area contributed by atoms with Gasteiger partial charge in [0, 0.05) is 18.2 Å². The number of guanidine groups is 1.